The summed E-state index contributed by atoms with van der Waals surface area (Å²) >= 11 is 0. The number of aliphatic carboxylic acids is 1. The molecule has 77 heavy (non-hydrogen) atoms. The van der Waals surface area contributed by atoms with Crippen LogP contribution in [0.1, 0.15) is 226 Å². The number of carbonyl (C=O) groups is 4. The van der Waals surface area contributed by atoms with E-state index in [0.29, 0.717) is 25.7 Å². The molecule has 0 aromatic rings. The lowest BCUT2D eigenvalue weighted by molar-refractivity contribution is -0.301. The monoisotopic (exact) mass is 1080 g/mol. The summed E-state index contributed by atoms with van der Waals surface area (Å²) in [4.78, 5) is 51.1. The Morgan fingerprint density at radius 2 is 0.831 bits per heavy atom. The van der Waals surface area contributed by atoms with Crippen molar-refractivity contribution in [1.82, 2.24) is 0 Å². The van der Waals surface area contributed by atoms with Crippen molar-refractivity contribution in [3.8, 4) is 0 Å². The molecule has 1 aliphatic heterocycles. The highest BCUT2D eigenvalue weighted by Gasteiger charge is 2.50. The zero-order valence-corrected chi connectivity index (χ0v) is 47.9. The van der Waals surface area contributed by atoms with Crippen LogP contribution in [-0.2, 0) is 42.9 Å². The number of carbonyl (C=O) groups excluding carboxylic acids is 3. The van der Waals surface area contributed by atoms with Crippen molar-refractivity contribution in [2.75, 3.05) is 13.2 Å². The molecule has 0 aliphatic carbocycles. The van der Waals surface area contributed by atoms with Gasteiger partial charge in [0, 0.05) is 19.3 Å². The molecule has 1 aliphatic rings. The molecule has 1 rings (SSSR count). The largest absolute Gasteiger partial charge is 0.479 e. The highest BCUT2D eigenvalue weighted by Crippen LogP contribution is 2.26. The Balaban J connectivity index is 2.71. The first kappa shape index (κ1) is 70.4. The van der Waals surface area contributed by atoms with Gasteiger partial charge in [-0.2, -0.15) is 0 Å². The van der Waals surface area contributed by atoms with Crippen LogP contribution in [0.5, 0.6) is 0 Å². The second kappa shape index (κ2) is 52.1. The Hall–Kier alpha value is -4.62. The van der Waals surface area contributed by atoms with Crippen molar-refractivity contribution in [1.29, 1.82) is 0 Å². The Labute approximate surface area is 465 Å². The lowest BCUT2D eigenvalue weighted by Gasteiger charge is -2.40. The third-order valence-electron chi connectivity index (χ3n) is 12.8. The van der Waals surface area contributed by atoms with Gasteiger partial charge in [0.25, 0.3) is 0 Å². The maximum absolute atomic E-state index is 13.1. The van der Waals surface area contributed by atoms with E-state index in [2.05, 4.69) is 118 Å². The van der Waals surface area contributed by atoms with Crippen molar-refractivity contribution in [2.24, 2.45) is 0 Å². The van der Waals surface area contributed by atoms with Gasteiger partial charge in [0.15, 0.2) is 24.6 Å². The Morgan fingerprint density at radius 3 is 1.29 bits per heavy atom. The quantitative estimate of drug-likeness (QED) is 0.0228. The number of carboxylic acid groups (broad SMARTS) is 1. The van der Waals surface area contributed by atoms with Crippen molar-refractivity contribution in [2.45, 2.75) is 263 Å². The predicted molar refractivity (Wildman–Crippen MR) is 312 cm³/mol. The molecule has 0 amide bonds. The van der Waals surface area contributed by atoms with Crippen LogP contribution in [0.4, 0.5) is 0 Å². The molecule has 6 atom stereocenters. The van der Waals surface area contributed by atoms with E-state index in [4.69, 9.17) is 23.7 Å². The fourth-order valence-electron chi connectivity index (χ4n) is 8.34. The van der Waals surface area contributed by atoms with Crippen LogP contribution in [0.15, 0.2) is 109 Å². The lowest BCUT2D eigenvalue weighted by Crippen LogP contribution is -2.61. The molecule has 0 radical (unpaired) electrons. The first-order chi connectivity index (χ1) is 37.6. The highest BCUT2D eigenvalue weighted by atomic mass is 16.7. The molecule has 6 unspecified atom stereocenters. The van der Waals surface area contributed by atoms with Crippen LogP contribution in [-0.4, -0.2) is 89.2 Å². The van der Waals surface area contributed by atoms with Gasteiger partial charge in [-0.1, -0.05) is 220 Å². The molecule has 436 valence electrons. The van der Waals surface area contributed by atoms with E-state index < -0.39 is 67.3 Å². The van der Waals surface area contributed by atoms with Crippen molar-refractivity contribution in [3.05, 3.63) is 109 Å². The Kier molecular flexibility index (Phi) is 47.6. The highest BCUT2D eigenvalue weighted by molar-refractivity contribution is 5.74. The third kappa shape index (κ3) is 42.1. The molecule has 0 bridgehead atoms. The summed E-state index contributed by atoms with van der Waals surface area (Å²) in [6, 6.07) is 0. The van der Waals surface area contributed by atoms with Gasteiger partial charge in [0.1, 0.15) is 18.8 Å². The number of esters is 3. The van der Waals surface area contributed by atoms with Crippen LogP contribution in [0.3, 0.4) is 0 Å². The van der Waals surface area contributed by atoms with Gasteiger partial charge < -0.3 is 39.0 Å². The molecule has 0 aromatic heterocycles. The maximum Gasteiger partial charge on any atom is 0.335 e. The molecule has 12 nitrogen and oxygen atoms in total. The third-order valence-corrected chi connectivity index (χ3v) is 12.8. The average molecular weight is 1080 g/mol. The summed E-state index contributed by atoms with van der Waals surface area (Å²) in [5, 5.41) is 31.5. The van der Waals surface area contributed by atoms with Crippen LogP contribution >= 0.6 is 0 Å². The number of hydrogen-bond acceptors (Lipinski definition) is 11. The SMILES string of the molecule is CC/C=C\C/C=C\C/C=C\C/C=C\C/C=C\CCCC(=O)OC1C(OCC(COC(=O)CCCCCCCC/C=C\C/C=C\C/C=C\C/C=C\CC)OC(=O)CCCCCCCCCCCCC)OC(C(=O)O)C(O)C1O. The predicted octanol–water partition coefficient (Wildman–Crippen LogP) is 15.4. The minimum absolute atomic E-state index is 0.0232. The molecule has 0 spiro atoms. The van der Waals surface area contributed by atoms with Crippen LogP contribution in [0, 0.1) is 0 Å². The van der Waals surface area contributed by atoms with E-state index >= 15 is 0 Å². The summed E-state index contributed by atoms with van der Waals surface area (Å²) < 4.78 is 28.3. The number of rotatable bonds is 49. The molecule has 12 heteroatoms. The number of aliphatic hydroxyl groups is 2. The zero-order chi connectivity index (χ0) is 56.1. The van der Waals surface area contributed by atoms with E-state index in [1.165, 1.54) is 44.9 Å². The molecular formula is C65H104O12. The number of hydrogen-bond donors (Lipinski definition) is 3. The summed E-state index contributed by atoms with van der Waals surface area (Å²) in [5.41, 5.74) is 0. The van der Waals surface area contributed by atoms with Gasteiger partial charge in [-0.15, -0.1) is 0 Å². The summed E-state index contributed by atoms with van der Waals surface area (Å²) in [5.74, 6) is -3.22. The molecule has 1 saturated heterocycles. The first-order valence-electron chi connectivity index (χ1n) is 29.9. The minimum atomic E-state index is -1.93. The van der Waals surface area contributed by atoms with Gasteiger partial charge >= 0.3 is 23.9 Å². The standard InChI is InChI=1S/C65H104O12/c1-4-7-10-13-16-19-22-24-26-28-29-31-32-34-37-39-42-45-48-51-57(66)73-54-56(75-58(67)52-49-46-43-40-36-21-18-15-12-9-6-3)55-74-65-63(61(70)60(69)62(77-65)64(71)72)76-59(68)53-50-47-44-41-38-35-33-30-27-25-23-20-17-14-11-8-5-2/h7-8,10-11,16-17,19-20,24-27,29,31,33,35,41,44,56,60-63,65,69-70H,4-6,9,12-15,18,21-23,28,30,32,34,36-40,42-43,45-55H2,1-3H3,(H,71,72)/b10-7-,11-8-,19-16-,20-17-,26-24-,27-25-,31-29-,35-33-,44-41-. The Morgan fingerprint density at radius 1 is 0.442 bits per heavy atom. The van der Waals surface area contributed by atoms with Crippen LogP contribution in [0.25, 0.3) is 0 Å². The zero-order valence-electron chi connectivity index (χ0n) is 47.9. The van der Waals surface area contributed by atoms with E-state index in [1.807, 2.05) is 12.2 Å². The number of carboxylic acids is 1. The van der Waals surface area contributed by atoms with E-state index in [1.54, 1.807) is 0 Å². The van der Waals surface area contributed by atoms with E-state index in [-0.39, 0.29) is 25.9 Å². The van der Waals surface area contributed by atoms with Crippen LogP contribution < -0.4 is 0 Å². The maximum atomic E-state index is 13.1. The van der Waals surface area contributed by atoms with E-state index in [9.17, 15) is 34.5 Å². The topological polar surface area (TPSA) is 175 Å². The second-order valence-corrected chi connectivity index (χ2v) is 19.9. The van der Waals surface area contributed by atoms with Crippen molar-refractivity contribution >= 4 is 23.9 Å². The molecule has 1 heterocycles. The lowest BCUT2D eigenvalue weighted by atomic mass is 9.98. The fraction of sp³-hybridized carbons (Fsp3) is 0.662. The van der Waals surface area contributed by atoms with Crippen molar-refractivity contribution < 1.29 is 58.2 Å². The van der Waals surface area contributed by atoms with Gasteiger partial charge in [0.05, 0.1) is 6.61 Å². The average Bonchev–Trinajstić information content (AvgIpc) is 3.42. The van der Waals surface area contributed by atoms with Gasteiger partial charge in [0.2, 0.25) is 0 Å². The first-order valence-corrected chi connectivity index (χ1v) is 29.9. The molecule has 0 saturated carbocycles. The summed E-state index contributed by atoms with van der Waals surface area (Å²) in [6.07, 6.45) is 57.8. The summed E-state index contributed by atoms with van der Waals surface area (Å²) in [7, 11) is 0. The molecule has 1 fully saturated rings. The van der Waals surface area contributed by atoms with Gasteiger partial charge in [-0.25, -0.2) is 4.79 Å². The minimum Gasteiger partial charge on any atom is -0.479 e. The molecular weight excluding hydrogens is 973 g/mol. The molecule has 3 N–H and O–H groups in total. The van der Waals surface area contributed by atoms with Crippen LogP contribution in [0.2, 0.25) is 0 Å². The van der Waals surface area contributed by atoms with Gasteiger partial charge in [-0.3, -0.25) is 14.4 Å². The van der Waals surface area contributed by atoms with Crippen molar-refractivity contribution in [3.63, 3.8) is 0 Å². The number of ether oxygens (including phenoxy) is 5. The number of unbranched alkanes of at least 4 members (excludes halogenated alkanes) is 17. The number of allylic oxidation sites excluding steroid dienone is 18. The van der Waals surface area contributed by atoms with E-state index in [0.717, 1.165) is 116 Å². The second-order valence-electron chi connectivity index (χ2n) is 19.9. The molecule has 0 aromatic carbocycles. The fourth-order valence-corrected chi connectivity index (χ4v) is 8.34. The smallest absolute Gasteiger partial charge is 0.335 e. The summed E-state index contributed by atoms with van der Waals surface area (Å²) in [6.45, 7) is 5.71. The number of aliphatic hydroxyl groups excluding tert-OH is 2. The Bertz CT molecular complexity index is 1750. The normalized spacial score (nSPS) is 18.8. The van der Waals surface area contributed by atoms with Gasteiger partial charge in [-0.05, 0) is 96.3 Å².